The van der Waals surface area contributed by atoms with Crippen LogP contribution in [0.5, 0.6) is 0 Å². The summed E-state index contributed by atoms with van der Waals surface area (Å²) in [4.78, 5) is 11.0. The molecule has 10 aromatic carbocycles. The average Bonchev–Trinajstić information content (AvgIpc) is 3.95. The van der Waals surface area contributed by atoms with E-state index >= 15 is 0 Å². The molecule has 1 aliphatic carbocycles. The van der Waals surface area contributed by atoms with E-state index in [9.17, 15) is 0 Å². The van der Waals surface area contributed by atoms with Gasteiger partial charge in [0.15, 0.2) is 5.82 Å². The Hall–Kier alpha value is -8.92. The highest BCUT2D eigenvalue weighted by atomic mass is 16.3. The van der Waals surface area contributed by atoms with E-state index in [1.807, 2.05) is 18.2 Å². The molecule has 0 N–H and O–H groups in total. The minimum atomic E-state index is -0.542. The second-order valence-electron chi connectivity index (χ2n) is 17.6. The van der Waals surface area contributed by atoms with Gasteiger partial charge in [-0.15, -0.1) is 0 Å². The molecule has 1 aliphatic rings. The van der Waals surface area contributed by atoms with Crippen LogP contribution in [-0.4, -0.2) is 9.97 Å². The van der Waals surface area contributed by atoms with Crippen molar-refractivity contribution in [2.24, 2.45) is 0 Å². The van der Waals surface area contributed by atoms with E-state index in [1.54, 1.807) is 0 Å². The standard InChI is InChI=1S/C65H42N2O/c1-5-20-43(21-6-1)51-28-13-14-29-52(51)47-38-46(45-36-37-62-56(41-45)53-30-16-18-35-61(53)68-62)39-48(40-47)59-42-60(67-64(66-59)44-22-7-2-8-23-44)55-32-19-34-58-63(55)54-31-15-17-33-57(54)65(58,49-24-9-3-10-25-49)50-26-11-4-12-27-50/h1-42H. The molecule has 0 amide bonds. The first-order valence-electron chi connectivity index (χ1n) is 23.2. The van der Waals surface area contributed by atoms with E-state index in [0.29, 0.717) is 5.82 Å². The van der Waals surface area contributed by atoms with E-state index < -0.39 is 5.41 Å². The summed E-state index contributed by atoms with van der Waals surface area (Å²) in [5, 5.41) is 2.19. The Morgan fingerprint density at radius 2 is 0.824 bits per heavy atom. The van der Waals surface area contributed by atoms with Crippen LogP contribution >= 0.6 is 0 Å². The van der Waals surface area contributed by atoms with Gasteiger partial charge in [-0.1, -0.05) is 212 Å². The quantitative estimate of drug-likeness (QED) is 0.153. The van der Waals surface area contributed by atoms with Gasteiger partial charge in [0, 0.05) is 27.5 Å². The molecule has 0 fully saturated rings. The fourth-order valence-corrected chi connectivity index (χ4v) is 10.8. The number of nitrogens with zero attached hydrogens (tertiary/aromatic N) is 2. The molecule has 3 heteroatoms. The highest BCUT2D eigenvalue weighted by molar-refractivity contribution is 6.06. The van der Waals surface area contributed by atoms with Crippen molar-refractivity contribution >= 4 is 21.9 Å². The number of rotatable bonds is 8. The summed E-state index contributed by atoms with van der Waals surface area (Å²) in [7, 11) is 0. The average molecular weight is 867 g/mol. The molecule has 2 heterocycles. The van der Waals surface area contributed by atoms with Gasteiger partial charge >= 0.3 is 0 Å². The lowest BCUT2D eigenvalue weighted by Crippen LogP contribution is -2.28. The zero-order chi connectivity index (χ0) is 45.0. The highest BCUT2D eigenvalue weighted by Gasteiger charge is 2.46. The van der Waals surface area contributed by atoms with Crippen LogP contribution in [0.15, 0.2) is 259 Å². The molecule has 318 valence electrons. The van der Waals surface area contributed by atoms with Crippen LogP contribution in [0.1, 0.15) is 22.3 Å². The third kappa shape index (κ3) is 6.43. The van der Waals surface area contributed by atoms with Crippen molar-refractivity contribution in [3.05, 3.63) is 277 Å². The normalized spacial score (nSPS) is 12.5. The molecule has 68 heavy (non-hydrogen) atoms. The molecule has 0 aliphatic heterocycles. The minimum absolute atomic E-state index is 0.542. The Balaban J connectivity index is 1.07. The summed E-state index contributed by atoms with van der Waals surface area (Å²) in [5.41, 5.74) is 20.0. The number of para-hydroxylation sites is 1. The van der Waals surface area contributed by atoms with Gasteiger partial charge < -0.3 is 4.42 Å². The van der Waals surface area contributed by atoms with Gasteiger partial charge in [-0.3, -0.25) is 0 Å². The Morgan fingerprint density at radius 1 is 0.294 bits per heavy atom. The van der Waals surface area contributed by atoms with Crippen molar-refractivity contribution in [2.75, 3.05) is 0 Å². The molecule has 0 spiro atoms. The summed E-state index contributed by atoms with van der Waals surface area (Å²) in [6, 6.07) is 91.3. The van der Waals surface area contributed by atoms with Gasteiger partial charge in [0.25, 0.3) is 0 Å². The monoisotopic (exact) mass is 866 g/mol. The van der Waals surface area contributed by atoms with Gasteiger partial charge in [0.2, 0.25) is 0 Å². The maximum absolute atomic E-state index is 6.30. The summed E-state index contributed by atoms with van der Waals surface area (Å²) < 4.78 is 6.30. The molecule has 0 saturated heterocycles. The van der Waals surface area contributed by atoms with Crippen molar-refractivity contribution in [1.29, 1.82) is 0 Å². The van der Waals surface area contributed by atoms with Crippen LogP contribution in [0.25, 0.3) is 100 Å². The molecule has 3 nitrogen and oxygen atoms in total. The predicted octanol–water partition coefficient (Wildman–Crippen LogP) is 16.7. The molecule has 12 aromatic rings. The van der Waals surface area contributed by atoms with E-state index in [-0.39, 0.29) is 0 Å². The minimum Gasteiger partial charge on any atom is -0.456 e. The third-order valence-corrected chi connectivity index (χ3v) is 13.8. The number of hydrogen-bond donors (Lipinski definition) is 0. The fourth-order valence-electron chi connectivity index (χ4n) is 10.8. The number of hydrogen-bond acceptors (Lipinski definition) is 3. The summed E-state index contributed by atoms with van der Waals surface area (Å²) in [5.74, 6) is 0.669. The van der Waals surface area contributed by atoms with Crippen molar-refractivity contribution < 1.29 is 4.42 Å². The topological polar surface area (TPSA) is 38.9 Å². The van der Waals surface area contributed by atoms with Gasteiger partial charge in [0.1, 0.15) is 11.2 Å². The first-order chi connectivity index (χ1) is 33.7. The molecule has 0 unspecified atom stereocenters. The van der Waals surface area contributed by atoms with E-state index in [0.717, 1.165) is 77.8 Å². The van der Waals surface area contributed by atoms with Gasteiger partial charge in [-0.05, 0) is 109 Å². The zero-order valence-electron chi connectivity index (χ0n) is 37.1. The van der Waals surface area contributed by atoms with E-state index in [1.165, 1.54) is 38.9 Å². The van der Waals surface area contributed by atoms with Crippen molar-refractivity contribution in [2.45, 2.75) is 5.41 Å². The largest absolute Gasteiger partial charge is 0.456 e. The predicted molar refractivity (Wildman–Crippen MR) is 279 cm³/mol. The SMILES string of the molecule is c1ccc(-c2nc(-c3cc(-c4ccc5oc6ccccc6c5c4)cc(-c4ccccc4-c4ccccc4)c3)cc(-c3cccc4c3-c3ccccc3C4(c3ccccc3)c3ccccc3)n2)cc1. The van der Waals surface area contributed by atoms with Crippen molar-refractivity contribution in [3.63, 3.8) is 0 Å². The first kappa shape index (κ1) is 39.4. The summed E-state index contributed by atoms with van der Waals surface area (Å²) >= 11 is 0. The van der Waals surface area contributed by atoms with E-state index in [4.69, 9.17) is 14.4 Å². The lowest BCUT2D eigenvalue weighted by molar-refractivity contribution is 0.669. The second kappa shape index (κ2) is 16.2. The molecular weight excluding hydrogens is 825 g/mol. The number of aromatic nitrogens is 2. The van der Waals surface area contributed by atoms with Crippen LogP contribution in [0.3, 0.4) is 0 Å². The number of furan rings is 1. The van der Waals surface area contributed by atoms with Crippen molar-refractivity contribution in [3.8, 4) is 78.4 Å². The van der Waals surface area contributed by atoms with Crippen LogP contribution in [-0.2, 0) is 5.41 Å². The van der Waals surface area contributed by atoms with Crippen LogP contribution in [0.4, 0.5) is 0 Å². The third-order valence-electron chi connectivity index (χ3n) is 13.8. The maximum Gasteiger partial charge on any atom is 0.160 e. The van der Waals surface area contributed by atoms with Crippen LogP contribution < -0.4 is 0 Å². The molecule has 13 rings (SSSR count). The van der Waals surface area contributed by atoms with E-state index in [2.05, 4.69) is 237 Å². The highest BCUT2D eigenvalue weighted by Crippen LogP contribution is 2.58. The van der Waals surface area contributed by atoms with Gasteiger partial charge in [-0.2, -0.15) is 0 Å². The smallest absolute Gasteiger partial charge is 0.160 e. The number of fused-ring (bicyclic) bond motifs is 6. The Bertz CT molecular complexity index is 3800. The fraction of sp³-hybridized carbons (Fsp3) is 0.0154. The number of benzene rings is 10. The summed E-state index contributed by atoms with van der Waals surface area (Å²) in [6.07, 6.45) is 0. The Morgan fingerprint density at radius 3 is 1.56 bits per heavy atom. The first-order valence-corrected chi connectivity index (χ1v) is 23.2. The molecule has 0 radical (unpaired) electrons. The second-order valence-corrected chi connectivity index (χ2v) is 17.6. The molecular formula is C65H42N2O. The van der Waals surface area contributed by atoms with Crippen LogP contribution in [0, 0.1) is 0 Å². The molecule has 0 bridgehead atoms. The van der Waals surface area contributed by atoms with Gasteiger partial charge in [-0.25, -0.2) is 9.97 Å². The summed E-state index contributed by atoms with van der Waals surface area (Å²) in [6.45, 7) is 0. The molecule has 0 atom stereocenters. The Kier molecular flexibility index (Phi) is 9.40. The maximum atomic E-state index is 6.30. The van der Waals surface area contributed by atoms with Gasteiger partial charge in [0.05, 0.1) is 16.8 Å². The molecule has 0 saturated carbocycles. The van der Waals surface area contributed by atoms with Crippen LogP contribution in [0.2, 0.25) is 0 Å². The van der Waals surface area contributed by atoms with Crippen molar-refractivity contribution in [1.82, 2.24) is 9.97 Å². The zero-order valence-corrected chi connectivity index (χ0v) is 37.1. The molecule has 2 aromatic heterocycles. The lowest BCUT2D eigenvalue weighted by Gasteiger charge is -2.33. The lowest BCUT2D eigenvalue weighted by atomic mass is 9.67. The Labute approximate surface area is 395 Å².